The van der Waals surface area contributed by atoms with Gasteiger partial charge in [0.15, 0.2) is 0 Å². The monoisotopic (exact) mass is 398 g/mol. The molecule has 144 valence electrons. The highest BCUT2D eigenvalue weighted by molar-refractivity contribution is 6.31. The highest BCUT2D eigenvalue weighted by atomic mass is 35.5. The first-order valence-corrected chi connectivity index (χ1v) is 9.51. The molecule has 7 heteroatoms. The summed E-state index contributed by atoms with van der Waals surface area (Å²) in [4.78, 5) is 39.1. The van der Waals surface area contributed by atoms with E-state index in [0.717, 1.165) is 18.4 Å². The number of nitrogens with zero attached hydrogens (tertiary/aromatic N) is 1. The Balaban J connectivity index is 1.53. The van der Waals surface area contributed by atoms with Crippen LogP contribution in [0.3, 0.4) is 0 Å². The third-order valence-electron chi connectivity index (χ3n) is 5.07. The van der Waals surface area contributed by atoms with Crippen molar-refractivity contribution in [1.29, 1.82) is 0 Å². The van der Waals surface area contributed by atoms with Crippen molar-refractivity contribution in [3.63, 3.8) is 0 Å². The van der Waals surface area contributed by atoms with Crippen LogP contribution in [0.5, 0.6) is 0 Å². The summed E-state index contributed by atoms with van der Waals surface area (Å²) in [5.41, 5.74) is 2.34. The summed E-state index contributed by atoms with van der Waals surface area (Å²) >= 11 is 6.09. The number of carbonyl (C=O) groups excluding carboxylic acids is 3. The first-order valence-electron chi connectivity index (χ1n) is 9.13. The van der Waals surface area contributed by atoms with Crippen LogP contribution in [0.25, 0.3) is 0 Å². The molecule has 0 radical (unpaired) electrons. The summed E-state index contributed by atoms with van der Waals surface area (Å²) in [5, 5.41) is 3.31. The second kappa shape index (κ2) is 7.37. The molecule has 0 spiro atoms. The normalized spacial score (nSPS) is 18.5. The molecule has 3 amide bonds. The molecule has 0 aromatic heterocycles. The van der Waals surface area contributed by atoms with E-state index in [1.807, 2.05) is 13.0 Å². The number of benzene rings is 2. The number of rotatable bonds is 4. The average Bonchev–Trinajstić information content (AvgIpc) is 3.28. The smallest absolute Gasteiger partial charge is 0.261 e. The molecule has 28 heavy (non-hydrogen) atoms. The molecule has 4 rings (SSSR count). The number of halogens is 1. The number of imide groups is 1. The van der Waals surface area contributed by atoms with Crippen LogP contribution < -0.4 is 5.32 Å². The molecule has 6 nitrogen and oxygen atoms in total. The molecule has 2 aromatic rings. The van der Waals surface area contributed by atoms with Gasteiger partial charge < -0.3 is 10.1 Å². The second-order valence-electron chi connectivity index (χ2n) is 7.03. The standard InChI is InChI=1S/C21H19ClN2O4/c1-12-4-6-14(10-18(12)22)23-19(25)13-5-7-16-17(9-13)21(27)24(20(16)26)11-15-3-2-8-28-15/h4-7,9-10,15H,2-3,8,11H2,1H3,(H,23,25). The molecule has 1 N–H and O–H groups in total. The summed E-state index contributed by atoms with van der Waals surface area (Å²) in [5.74, 6) is -1.10. The van der Waals surface area contributed by atoms with E-state index >= 15 is 0 Å². The van der Waals surface area contributed by atoms with Crippen molar-refractivity contribution in [3.8, 4) is 0 Å². The lowest BCUT2D eigenvalue weighted by Crippen LogP contribution is -2.36. The SMILES string of the molecule is Cc1ccc(NC(=O)c2ccc3c(c2)C(=O)N(CC2CCCO2)C3=O)cc1Cl. The van der Waals surface area contributed by atoms with Gasteiger partial charge in [-0.05, 0) is 55.7 Å². The molecule has 2 aliphatic rings. The number of anilines is 1. The molecule has 0 saturated carbocycles. The largest absolute Gasteiger partial charge is 0.376 e. The Labute approximate surface area is 167 Å². The van der Waals surface area contributed by atoms with E-state index in [1.165, 1.54) is 17.0 Å². The van der Waals surface area contributed by atoms with E-state index in [0.29, 0.717) is 28.4 Å². The van der Waals surface area contributed by atoms with E-state index in [2.05, 4.69) is 5.32 Å². The minimum atomic E-state index is -0.386. The fraction of sp³-hybridized carbons (Fsp3) is 0.286. The topological polar surface area (TPSA) is 75.7 Å². The number of amides is 3. The Bertz CT molecular complexity index is 982. The van der Waals surface area contributed by atoms with Crippen molar-refractivity contribution in [2.45, 2.75) is 25.9 Å². The first-order chi connectivity index (χ1) is 13.4. The third kappa shape index (κ3) is 3.41. The minimum Gasteiger partial charge on any atom is -0.376 e. The van der Waals surface area contributed by atoms with E-state index in [-0.39, 0.29) is 35.9 Å². The second-order valence-corrected chi connectivity index (χ2v) is 7.44. The quantitative estimate of drug-likeness (QED) is 0.797. The number of ether oxygens (including phenoxy) is 1. The highest BCUT2D eigenvalue weighted by Gasteiger charge is 2.37. The zero-order chi connectivity index (χ0) is 19.8. The lowest BCUT2D eigenvalue weighted by atomic mass is 10.1. The Morgan fingerprint density at radius 2 is 1.96 bits per heavy atom. The summed E-state index contributed by atoms with van der Waals surface area (Å²) in [6, 6.07) is 9.78. The van der Waals surface area contributed by atoms with Gasteiger partial charge in [0.1, 0.15) is 0 Å². The fourth-order valence-electron chi connectivity index (χ4n) is 3.46. The number of hydrogen-bond acceptors (Lipinski definition) is 4. The van der Waals surface area contributed by atoms with E-state index in [4.69, 9.17) is 16.3 Å². The molecule has 0 bridgehead atoms. The molecule has 0 aliphatic carbocycles. The maximum Gasteiger partial charge on any atom is 0.261 e. The molecular formula is C21H19ClN2O4. The van der Waals surface area contributed by atoms with Crippen LogP contribution in [0.1, 0.15) is 49.5 Å². The maximum absolute atomic E-state index is 12.7. The summed E-state index contributed by atoms with van der Waals surface area (Å²) in [6.07, 6.45) is 1.65. The maximum atomic E-state index is 12.7. The van der Waals surface area contributed by atoms with Gasteiger partial charge >= 0.3 is 0 Å². The van der Waals surface area contributed by atoms with E-state index < -0.39 is 0 Å². The third-order valence-corrected chi connectivity index (χ3v) is 5.48. The van der Waals surface area contributed by atoms with Gasteiger partial charge in [0.05, 0.1) is 23.8 Å². The van der Waals surface area contributed by atoms with Gasteiger partial charge in [-0.3, -0.25) is 19.3 Å². The van der Waals surface area contributed by atoms with Gasteiger partial charge in [-0.1, -0.05) is 17.7 Å². The van der Waals surface area contributed by atoms with Crippen LogP contribution in [-0.4, -0.2) is 41.9 Å². The summed E-state index contributed by atoms with van der Waals surface area (Å²) in [6.45, 7) is 2.77. The van der Waals surface area contributed by atoms with Crippen molar-refractivity contribution >= 4 is 35.0 Å². The molecule has 2 aromatic carbocycles. The van der Waals surface area contributed by atoms with Gasteiger partial charge in [-0.25, -0.2) is 0 Å². The molecule has 1 fully saturated rings. The molecule has 1 unspecified atom stereocenters. The van der Waals surface area contributed by atoms with E-state index in [9.17, 15) is 14.4 Å². The van der Waals surface area contributed by atoms with Crippen LogP contribution in [0.15, 0.2) is 36.4 Å². The van der Waals surface area contributed by atoms with Crippen molar-refractivity contribution in [3.05, 3.63) is 63.7 Å². The number of carbonyl (C=O) groups is 3. The minimum absolute atomic E-state index is 0.115. The average molecular weight is 399 g/mol. The van der Waals surface area contributed by atoms with Crippen LogP contribution in [0, 0.1) is 6.92 Å². The Morgan fingerprint density at radius 1 is 1.18 bits per heavy atom. The van der Waals surface area contributed by atoms with E-state index in [1.54, 1.807) is 18.2 Å². The Morgan fingerprint density at radius 3 is 2.68 bits per heavy atom. The number of fused-ring (bicyclic) bond motifs is 1. The Kier molecular flexibility index (Phi) is 4.91. The summed E-state index contributed by atoms with van der Waals surface area (Å²) < 4.78 is 5.54. The lowest BCUT2D eigenvalue weighted by Gasteiger charge is -2.17. The number of hydrogen-bond donors (Lipinski definition) is 1. The van der Waals surface area contributed by atoms with Gasteiger partial charge in [-0.2, -0.15) is 0 Å². The predicted octanol–water partition coefficient (Wildman–Crippen LogP) is 3.68. The first kappa shape index (κ1) is 18.7. The fourth-order valence-corrected chi connectivity index (χ4v) is 3.64. The Hall–Kier alpha value is -2.70. The van der Waals surface area contributed by atoms with Gasteiger partial charge in [0.25, 0.3) is 17.7 Å². The molecule has 1 saturated heterocycles. The molecule has 1 atom stereocenters. The molecule has 2 heterocycles. The van der Waals surface area contributed by atoms with Gasteiger partial charge in [0.2, 0.25) is 0 Å². The lowest BCUT2D eigenvalue weighted by molar-refractivity contribution is 0.0475. The predicted molar refractivity (Wildman–Crippen MR) is 105 cm³/mol. The zero-order valence-electron chi connectivity index (χ0n) is 15.3. The number of nitrogens with one attached hydrogen (secondary N) is 1. The van der Waals surface area contributed by atoms with Crippen molar-refractivity contribution in [2.75, 3.05) is 18.5 Å². The van der Waals surface area contributed by atoms with Gasteiger partial charge in [0, 0.05) is 22.9 Å². The van der Waals surface area contributed by atoms with Crippen LogP contribution >= 0.6 is 11.6 Å². The van der Waals surface area contributed by atoms with Crippen molar-refractivity contribution < 1.29 is 19.1 Å². The van der Waals surface area contributed by atoms with Gasteiger partial charge in [-0.15, -0.1) is 0 Å². The van der Waals surface area contributed by atoms with Crippen LogP contribution in [-0.2, 0) is 4.74 Å². The highest BCUT2D eigenvalue weighted by Crippen LogP contribution is 2.27. The number of aryl methyl sites for hydroxylation is 1. The molecular weight excluding hydrogens is 380 g/mol. The zero-order valence-corrected chi connectivity index (χ0v) is 16.1. The molecule has 2 aliphatic heterocycles. The van der Waals surface area contributed by atoms with Crippen LogP contribution in [0.4, 0.5) is 5.69 Å². The van der Waals surface area contributed by atoms with Crippen molar-refractivity contribution in [1.82, 2.24) is 4.90 Å². The van der Waals surface area contributed by atoms with Crippen LogP contribution in [0.2, 0.25) is 5.02 Å². The van der Waals surface area contributed by atoms with Crippen molar-refractivity contribution in [2.24, 2.45) is 0 Å². The summed E-state index contributed by atoms with van der Waals surface area (Å²) in [7, 11) is 0.